The van der Waals surface area contributed by atoms with Gasteiger partial charge < -0.3 is 87.9 Å². The maximum Gasteiger partial charge on any atom is 0.338 e. The molecule has 0 aliphatic carbocycles. The first kappa shape index (κ1) is 105. The Morgan fingerprint density at radius 3 is 0.644 bits per heavy atom. The van der Waals surface area contributed by atoms with Crippen LogP contribution < -0.4 is 0 Å². The van der Waals surface area contributed by atoms with Crippen LogP contribution in [-0.2, 0) is 71.3 Å². The Kier molecular flexibility index (Phi) is 50.3. The van der Waals surface area contributed by atoms with Crippen molar-refractivity contribution in [3.8, 4) is 0 Å². The number of benzene rings is 11. The smallest absolute Gasteiger partial charge is 0.338 e. The summed E-state index contributed by atoms with van der Waals surface area (Å²) < 4.78 is 55.5. The van der Waals surface area contributed by atoms with Crippen LogP contribution in [0.1, 0.15) is 94.8 Å². The van der Waals surface area contributed by atoms with Gasteiger partial charge in [-0.25, -0.2) is 52.7 Å². The Balaban J connectivity index is 0.000000247. The number of ether oxygens (including phenoxy) is 11. The fraction of sp³-hybridized carbons (Fsp3) is 0.175. The van der Waals surface area contributed by atoms with Crippen LogP contribution in [0.5, 0.6) is 0 Å². The van der Waals surface area contributed by atoms with Crippen molar-refractivity contribution in [3.05, 3.63) is 419 Å². The lowest BCUT2D eigenvalue weighted by atomic mass is 10.2. The summed E-state index contributed by atoms with van der Waals surface area (Å²) in [5.41, 5.74) is 6.12. The summed E-state index contributed by atoms with van der Waals surface area (Å²) in [7, 11) is 0. The molecule has 0 saturated heterocycles. The van der Waals surface area contributed by atoms with Crippen molar-refractivity contribution in [3.63, 3.8) is 0 Å². The number of aliphatic hydroxyl groups excluding tert-OH is 7. The van der Waals surface area contributed by atoms with Crippen molar-refractivity contribution in [2.24, 2.45) is 0 Å². The maximum atomic E-state index is 12.4. The molecule has 11 aromatic rings. The van der Waals surface area contributed by atoms with E-state index in [0.717, 1.165) is 22.3 Å². The van der Waals surface area contributed by atoms with E-state index < -0.39 is 122 Å². The van der Waals surface area contributed by atoms with Crippen molar-refractivity contribution >= 4 is 90.0 Å². The van der Waals surface area contributed by atoms with E-state index in [-0.39, 0.29) is 59.5 Å². The second kappa shape index (κ2) is 63.2. The Labute approximate surface area is 761 Å². The third kappa shape index (κ3) is 44.6. The molecule has 132 heavy (non-hydrogen) atoms. The molecule has 29 nitrogen and oxygen atoms in total. The predicted octanol–water partition coefficient (Wildman–Crippen LogP) is 12.1. The van der Waals surface area contributed by atoms with E-state index in [9.17, 15) is 68.1 Å². The number of carbonyl (C=O) groups is 11. The fourth-order valence-electron chi connectivity index (χ4n) is 10.1. The van der Waals surface area contributed by atoms with E-state index in [0.29, 0.717) is 38.9 Å². The summed E-state index contributed by atoms with van der Waals surface area (Å²) in [6.07, 6.45) is 5.79. The molecular formula is C103H100O29. The lowest BCUT2D eigenvalue weighted by Gasteiger charge is -2.18. The van der Waals surface area contributed by atoms with Gasteiger partial charge in [0.1, 0.15) is 64.6 Å². The van der Waals surface area contributed by atoms with Crippen LogP contribution >= 0.6 is 0 Å². The molecule has 0 bridgehead atoms. The highest BCUT2D eigenvalue weighted by Gasteiger charge is 2.24. The number of hydrogen-bond donors (Lipinski definition) is 7. The first-order valence-electron chi connectivity index (χ1n) is 40.9. The first-order valence-corrected chi connectivity index (χ1v) is 40.9. The number of hydrogen-bond acceptors (Lipinski definition) is 29. The highest BCUT2D eigenvalue weighted by Crippen LogP contribution is 2.15. The second-order valence-electron chi connectivity index (χ2n) is 27.2. The lowest BCUT2D eigenvalue weighted by Crippen LogP contribution is -2.31. The maximum absolute atomic E-state index is 12.4. The Hall–Kier alpha value is -15.7. The standard InChI is InChI=1S/C24H20O6.C21H20O5.2C17H16O5.2C12H14O4/c25-22(18-10-4-1-5-11-18)28-16-21(30-24(27)20-14-8-3-9-15-20)17-29-23(26)19-12-6-2-7-13-19;22-15-19(26-21(24)14-12-18-9-5-2-6-10-18)16-25-20(23)13-11-17-7-3-1-4-8-17;18-15(11-21-16(19)13-7-3-1-4-8-13)12-22-17(20)14-9-5-2-6-10-14;18-11-15(22-17(20)14-9-5-2-6-10-14)12-21-16(19)13-7-3-1-4-8-13;13-8-11(14)9-16-12(15)7-6-10-4-2-1-3-5-10;13-8-11(9-14)16-12(15)7-6-10-4-2-1-3-5-10/h1-15,21H,16-17H2;1-14,19,22H,15-16H2;2*1-10,15,18H,11-12H2;2*1-7,11,13-14H,8-9H2/b;13-11+,14-12+;;;2*7-6+. The molecule has 11 rings (SSSR count). The van der Waals surface area contributed by atoms with Crippen LogP contribution in [0.15, 0.2) is 358 Å². The van der Waals surface area contributed by atoms with Crippen molar-refractivity contribution in [1.29, 1.82) is 0 Å². The molecule has 0 spiro atoms. The van der Waals surface area contributed by atoms with Gasteiger partial charge in [0.15, 0.2) is 18.3 Å². The third-order valence-electron chi connectivity index (χ3n) is 16.9. The number of carbonyl (C=O) groups excluding carboxylic acids is 11. The van der Waals surface area contributed by atoms with E-state index in [1.165, 1.54) is 24.3 Å². The molecule has 3 unspecified atom stereocenters. The van der Waals surface area contributed by atoms with E-state index >= 15 is 0 Å². The Morgan fingerprint density at radius 1 is 0.197 bits per heavy atom. The molecule has 0 radical (unpaired) electrons. The molecule has 0 heterocycles. The normalized spacial score (nSPS) is 11.2. The molecule has 0 saturated carbocycles. The van der Waals surface area contributed by atoms with Crippen molar-refractivity contribution < 1.29 is 141 Å². The van der Waals surface area contributed by atoms with Gasteiger partial charge in [0.2, 0.25) is 0 Å². The van der Waals surface area contributed by atoms with E-state index in [2.05, 4.69) is 4.74 Å². The predicted molar refractivity (Wildman–Crippen MR) is 486 cm³/mol. The molecule has 686 valence electrons. The number of aliphatic hydroxyl groups is 7. The van der Waals surface area contributed by atoms with Gasteiger partial charge in [0.05, 0.1) is 72.0 Å². The summed E-state index contributed by atoms with van der Waals surface area (Å²) in [5, 5.41) is 63.0. The summed E-state index contributed by atoms with van der Waals surface area (Å²) >= 11 is 0. The molecule has 0 fully saturated rings. The molecule has 29 heteroatoms. The van der Waals surface area contributed by atoms with Crippen molar-refractivity contribution in [1.82, 2.24) is 0 Å². The molecule has 0 aliphatic heterocycles. The van der Waals surface area contributed by atoms with E-state index in [1.807, 2.05) is 121 Å². The molecule has 0 amide bonds. The quantitative estimate of drug-likeness (QED) is 0.0107. The Bertz CT molecular complexity index is 5200. The van der Waals surface area contributed by atoms with Gasteiger partial charge in [-0.05, 0) is 131 Å². The molecule has 0 aliphatic rings. The minimum Gasteiger partial charge on any atom is -0.460 e. The van der Waals surface area contributed by atoms with Crippen LogP contribution in [0, 0.1) is 0 Å². The average molecular weight is 1800 g/mol. The molecule has 7 N–H and O–H groups in total. The highest BCUT2D eigenvalue weighted by molar-refractivity contribution is 5.94. The van der Waals surface area contributed by atoms with Crippen LogP contribution in [-0.4, -0.2) is 217 Å². The second-order valence-corrected chi connectivity index (χ2v) is 27.2. The third-order valence-corrected chi connectivity index (χ3v) is 16.9. The molecule has 3 atom stereocenters. The summed E-state index contributed by atoms with van der Waals surface area (Å²) in [6.45, 7) is -3.69. The average Bonchev–Trinajstić information content (AvgIpc) is 0.883. The van der Waals surface area contributed by atoms with Crippen LogP contribution in [0.2, 0.25) is 0 Å². The van der Waals surface area contributed by atoms with Crippen molar-refractivity contribution in [2.45, 2.75) is 36.6 Å². The van der Waals surface area contributed by atoms with Crippen LogP contribution in [0.25, 0.3) is 24.3 Å². The molecule has 11 aromatic carbocycles. The Morgan fingerprint density at radius 2 is 0.386 bits per heavy atom. The zero-order chi connectivity index (χ0) is 95.0. The van der Waals surface area contributed by atoms with E-state index in [4.69, 9.17) is 67.8 Å². The fourth-order valence-corrected chi connectivity index (χ4v) is 10.1. The summed E-state index contributed by atoms with van der Waals surface area (Å²) in [5.74, 6) is -6.24. The van der Waals surface area contributed by atoms with Gasteiger partial charge >= 0.3 is 65.7 Å². The van der Waals surface area contributed by atoms with Gasteiger partial charge in [-0.2, -0.15) is 0 Å². The van der Waals surface area contributed by atoms with E-state index in [1.54, 1.807) is 237 Å². The van der Waals surface area contributed by atoms with Crippen molar-refractivity contribution in [2.75, 3.05) is 79.3 Å². The molecule has 0 aromatic heterocycles. The zero-order valence-corrected chi connectivity index (χ0v) is 71.4. The zero-order valence-electron chi connectivity index (χ0n) is 71.4. The number of rotatable bonds is 38. The van der Waals surface area contributed by atoms with Gasteiger partial charge in [-0.1, -0.05) is 249 Å². The minimum absolute atomic E-state index is 0.200. The molecular weight excluding hydrogens is 1700 g/mol. The summed E-state index contributed by atoms with van der Waals surface area (Å²) in [6, 6.07) is 96.2. The lowest BCUT2D eigenvalue weighted by molar-refractivity contribution is -0.154. The highest BCUT2D eigenvalue weighted by atomic mass is 16.6. The topological polar surface area (TPSA) is 431 Å². The van der Waals surface area contributed by atoms with Gasteiger partial charge in [0.25, 0.3) is 0 Å². The first-order chi connectivity index (χ1) is 64.1. The van der Waals surface area contributed by atoms with Gasteiger partial charge in [-0.3, -0.25) is 0 Å². The van der Waals surface area contributed by atoms with Gasteiger partial charge in [0, 0.05) is 24.3 Å². The van der Waals surface area contributed by atoms with Crippen LogP contribution in [0.3, 0.4) is 0 Å². The minimum atomic E-state index is -1.07. The summed E-state index contributed by atoms with van der Waals surface area (Å²) in [4.78, 5) is 130. The largest absolute Gasteiger partial charge is 0.460 e. The van der Waals surface area contributed by atoms with Crippen LogP contribution in [0.4, 0.5) is 0 Å². The SMILES string of the molecule is O=C(/C=C/c1ccccc1)OC(CO)CO.O=C(/C=C/c1ccccc1)OCC(CO)OC(=O)/C=C/c1ccccc1.O=C(/C=C/c1ccccc1)OCC(O)CO.O=C(OCC(CO)OC(=O)c1ccccc1)c1ccccc1.O=C(OCC(COC(=O)c1ccccc1)OC(=O)c1ccccc1)c1ccccc1.O=C(OCC(O)COC(=O)c1ccccc1)c1ccccc1. The van der Waals surface area contributed by atoms with Gasteiger partial charge in [-0.15, -0.1) is 0 Å². The monoisotopic (exact) mass is 1800 g/mol. The number of esters is 11.